The van der Waals surface area contributed by atoms with Crippen molar-refractivity contribution in [2.45, 2.75) is 16.0 Å². The molecule has 0 N–H and O–H groups in total. The Labute approximate surface area is 237 Å². The minimum absolute atomic E-state index is 0.139. The number of para-hydroxylation sites is 1. The van der Waals surface area contributed by atoms with Gasteiger partial charge in [-0.15, -0.1) is 16.4 Å². The number of thioether (sulfide) groups is 1. The molecule has 1 unspecified atom stereocenters. The van der Waals surface area contributed by atoms with Crippen LogP contribution in [0.3, 0.4) is 0 Å². The molecule has 3 aromatic heterocycles. The molecule has 0 aliphatic carbocycles. The second-order valence-electron chi connectivity index (χ2n) is 9.51. The molecule has 1 aliphatic heterocycles. The van der Waals surface area contributed by atoms with E-state index in [0.29, 0.717) is 11.6 Å². The first-order valence-corrected chi connectivity index (χ1v) is 14.6. The molecule has 0 bridgehead atoms. The summed E-state index contributed by atoms with van der Waals surface area (Å²) in [7, 11) is 1.68. The number of rotatable bonds is 5. The van der Waals surface area contributed by atoms with Crippen LogP contribution >= 0.6 is 23.1 Å². The maximum Gasteiger partial charge on any atom is 0.228 e. The average Bonchev–Trinajstić information content (AvgIpc) is 3.62. The molecule has 8 rings (SSSR count). The molecule has 0 saturated heterocycles. The van der Waals surface area contributed by atoms with Gasteiger partial charge in [-0.25, -0.2) is 19.5 Å². The van der Waals surface area contributed by atoms with Crippen LogP contribution < -0.4 is 9.47 Å². The van der Waals surface area contributed by atoms with E-state index in [4.69, 9.17) is 29.5 Å². The molecule has 0 saturated carbocycles. The maximum atomic E-state index is 6.54. The van der Waals surface area contributed by atoms with Gasteiger partial charge in [0.25, 0.3) is 0 Å². The van der Waals surface area contributed by atoms with Gasteiger partial charge in [0.2, 0.25) is 5.88 Å². The zero-order valence-corrected chi connectivity index (χ0v) is 22.9. The molecule has 194 valence electrons. The van der Waals surface area contributed by atoms with Gasteiger partial charge < -0.3 is 9.47 Å². The van der Waals surface area contributed by atoms with Crippen molar-refractivity contribution in [1.82, 2.24) is 24.6 Å². The van der Waals surface area contributed by atoms with E-state index in [1.807, 2.05) is 42.5 Å². The highest BCUT2D eigenvalue weighted by Crippen LogP contribution is 2.50. The molecule has 7 aromatic rings. The lowest BCUT2D eigenvalue weighted by Crippen LogP contribution is -2.15. The fraction of sp³-hybridized carbons (Fsp3) is 0.0968. The second-order valence-corrected chi connectivity index (χ2v) is 11.8. The lowest BCUT2D eigenvalue weighted by molar-refractivity contribution is 0.414. The summed E-state index contributed by atoms with van der Waals surface area (Å²) in [6, 6.07) is 28.9. The molecule has 0 fully saturated rings. The van der Waals surface area contributed by atoms with Crippen LogP contribution in [-0.2, 0) is 5.75 Å². The highest BCUT2D eigenvalue weighted by Gasteiger charge is 2.34. The van der Waals surface area contributed by atoms with Crippen molar-refractivity contribution in [1.29, 1.82) is 0 Å². The normalized spacial score (nSPS) is 14.3. The number of nitrogens with zero attached hydrogens (tertiary/aromatic N) is 5. The van der Waals surface area contributed by atoms with Crippen LogP contribution in [0.25, 0.3) is 26.6 Å². The van der Waals surface area contributed by atoms with E-state index in [9.17, 15) is 0 Å². The van der Waals surface area contributed by atoms with Crippen LogP contribution in [-0.4, -0.2) is 31.7 Å². The number of ether oxygens (including phenoxy) is 2. The summed E-state index contributed by atoms with van der Waals surface area (Å²) in [5, 5.41) is 6.95. The zero-order valence-electron chi connectivity index (χ0n) is 21.3. The Kier molecular flexibility index (Phi) is 5.46. The van der Waals surface area contributed by atoms with Crippen LogP contribution in [0.4, 0.5) is 0 Å². The third-order valence-electron chi connectivity index (χ3n) is 7.19. The van der Waals surface area contributed by atoms with E-state index in [1.54, 1.807) is 41.1 Å². The number of hydrogen-bond donors (Lipinski definition) is 0. The van der Waals surface area contributed by atoms with Crippen LogP contribution in [0.5, 0.6) is 17.4 Å². The predicted octanol–water partition coefficient (Wildman–Crippen LogP) is 7.47. The number of hydrogen-bond acceptors (Lipinski definition) is 8. The van der Waals surface area contributed by atoms with Crippen LogP contribution in [0.2, 0.25) is 0 Å². The lowest BCUT2D eigenvalue weighted by Gasteiger charge is -2.28. The molecule has 0 spiro atoms. The molecular formula is C31H21N5O2S2. The van der Waals surface area contributed by atoms with Gasteiger partial charge in [-0.3, -0.25) is 0 Å². The number of methoxy groups -OCH3 is 1. The quantitative estimate of drug-likeness (QED) is 0.202. The molecule has 7 nitrogen and oxygen atoms in total. The summed E-state index contributed by atoms with van der Waals surface area (Å²) < 4.78 is 15.9. The first-order valence-electron chi connectivity index (χ1n) is 12.8. The third kappa shape index (κ3) is 3.81. The predicted molar refractivity (Wildman–Crippen MR) is 158 cm³/mol. The molecule has 4 heterocycles. The van der Waals surface area contributed by atoms with Gasteiger partial charge in [0.1, 0.15) is 17.8 Å². The summed E-state index contributed by atoms with van der Waals surface area (Å²) in [6.45, 7) is 0. The van der Waals surface area contributed by atoms with Crippen LogP contribution in [0.1, 0.15) is 28.4 Å². The van der Waals surface area contributed by atoms with Crippen molar-refractivity contribution in [3.8, 4) is 17.4 Å². The second kappa shape index (κ2) is 9.32. The Morgan fingerprint density at radius 1 is 0.950 bits per heavy atom. The van der Waals surface area contributed by atoms with Crippen molar-refractivity contribution in [2.75, 3.05) is 7.11 Å². The molecule has 4 aromatic carbocycles. The molecule has 1 atom stereocenters. The molecule has 0 amide bonds. The Balaban J connectivity index is 1.24. The first kappa shape index (κ1) is 23.4. The summed E-state index contributed by atoms with van der Waals surface area (Å²) in [4.78, 5) is 14.5. The third-order valence-corrected chi connectivity index (χ3v) is 9.36. The monoisotopic (exact) mass is 559 g/mol. The summed E-state index contributed by atoms with van der Waals surface area (Å²) in [5.74, 6) is 3.37. The van der Waals surface area contributed by atoms with E-state index in [1.165, 1.54) is 4.70 Å². The van der Waals surface area contributed by atoms with E-state index in [-0.39, 0.29) is 5.92 Å². The topological polar surface area (TPSA) is 74.4 Å². The smallest absolute Gasteiger partial charge is 0.228 e. The Hall–Kier alpha value is -4.47. The van der Waals surface area contributed by atoms with Gasteiger partial charge in [-0.05, 0) is 35.2 Å². The van der Waals surface area contributed by atoms with Gasteiger partial charge in [0.15, 0.2) is 15.8 Å². The van der Waals surface area contributed by atoms with Crippen molar-refractivity contribution >= 4 is 49.7 Å². The van der Waals surface area contributed by atoms with Crippen molar-refractivity contribution in [3.05, 3.63) is 114 Å². The highest BCUT2D eigenvalue weighted by molar-refractivity contribution is 8.00. The van der Waals surface area contributed by atoms with Gasteiger partial charge in [0, 0.05) is 16.9 Å². The summed E-state index contributed by atoms with van der Waals surface area (Å²) in [5.41, 5.74) is 4.83. The van der Waals surface area contributed by atoms with Gasteiger partial charge >= 0.3 is 0 Å². The Morgan fingerprint density at radius 2 is 1.80 bits per heavy atom. The Bertz CT molecular complexity index is 2020. The van der Waals surface area contributed by atoms with Gasteiger partial charge in [-0.2, -0.15) is 0 Å². The largest absolute Gasteiger partial charge is 0.497 e. The lowest BCUT2D eigenvalue weighted by atomic mass is 9.83. The molecule has 9 heteroatoms. The van der Waals surface area contributed by atoms with Gasteiger partial charge in [-0.1, -0.05) is 72.4 Å². The fourth-order valence-corrected chi connectivity index (χ4v) is 7.25. The standard InChI is InChI=1S/C31H21N5O2S2/c1-37-20-13-10-19(11-14-20)26-22-15-12-18-6-2-3-7-21(18)28(22)38-30-27(26)29-34-25(35-36(29)17-32-30)16-39-31-33-23-8-4-5-9-24(23)40-31/h2-15,17,26H,16H2,1H3. The van der Waals surface area contributed by atoms with E-state index in [2.05, 4.69) is 42.5 Å². The van der Waals surface area contributed by atoms with Crippen molar-refractivity contribution in [2.24, 2.45) is 0 Å². The first-order chi connectivity index (χ1) is 19.7. The minimum atomic E-state index is -0.139. The van der Waals surface area contributed by atoms with Gasteiger partial charge in [0.05, 0.1) is 28.6 Å². The number of aromatic nitrogens is 5. The molecular weight excluding hydrogens is 539 g/mol. The fourth-order valence-electron chi connectivity index (χ4n) is 5.33. The average molecular weight is 560 g/mol. The van der Waals surface area contributed by atoms with Crippen molar-refractivity contribution < 1.29 is 9.47 Å². The number of fused-ring (bicyclic) bond motifs is 7. The van der Waals surface area contributed by atoms with Crippen molar-refractivity contribution in [3.63, 3.8) is 0 Å². The number of benzene rings is 4. The van der Waals surface area contributed by atoms with E-state index < -0.39 is 0 Å². The highest BCUT2D eigenvalue weighted by atomic mass is 32.2. The SMILES string of the molecule is COc1ccc(C2c3ccc4ccccc4c3Oc3ncn4nc(CSc5nc6ccccc6s5)nc4c32)cc1. The molecule has 1 aliphatic rings. The van der Waals surface area contributed by atoms with Crippen LogP contribution in [0, 0.1) is 0 Å². The minimum Gasteiger partial charge on any atom is -0.497 e. The molecule has 0 radical (unpaired) electrons. The maximum absolute atomic E-state index is 6.54. The van der Waals surface area contributed by atoms with E-state index in [0.717, 1.165) is 60.3 Å². The Morgan fingerprint density at radius 3 is 2.67 bits per heavy atom. The summed E-state index contributed by atoms with van der Waals surface area (Å²) >= 11 is 3.33. The van der Waals surface area contributed by atoms with Crippen LogP contribution in [0.15, 0.2) is 95.6 Å². The zero-order chi connectivity index (χ0) is 26.6. The van der Waals surface area contributed by atoms with E-state index >= 15 is 0 Å². The molecule has 40 heavy (non-hydrogen) atoms. The number of thiazole rings is 1. The summed E-state index contributed by atoms with van der Waals surface area (Å²) in [6.07, 6.45) is 1.69.